The number of guanidine groups is 1. The van der Waals surface area contributed by atoms with Crippen molar-refractivity contribution in [2.75, 3.05) is 19.7 Å². The van der Waals surface area contributed by atoms with Gasteiger partial charge in [0.15, 0.2) is 5.96 Å². The molecule has 0 aliphatic carbocycles. The number of aliphatic carboxylic acids is 2. The molecule has 31 nitrogen and oxygen atoms in total. The van der Waals surface area contributed by atoms with Gasteiger partial charge in [-0.25, -0.2) is 4.79 Å². The first kappa shape index (κ1) is 65.8. The number of fused-ring (bicyclic) bond motifs is 1. The summed E-state index contributed by atoms with van der Waals surface area (Å²) in [6, 6.07) is -8.03. The summed E-state index contributed by atoms with van der Waals surface area (Å²) in [5.74, 6) is -14.0. The van der Waals surface area contributed by atoms with E-state index in [-0.39, 0.29) is 51.2 Å². The fourth-order valence-electron chi connectivity index (χ4n) is 8.37. The number of benzene rings is 1. The van der Waals surface area contributed by atoms with Crippen LogP contribution in [0, 0.1) is 5.92 Å². The average Bonchev–Trinajstić information content (AvgIpc) is 4.05. The van der Waals surface area contributed by atoms with E-state index < -0.39 is 163 Å². The number of H-pyrrole nitrogens is 1. The van der Waals surface area contributed by atoms with Gasteiger partial charge in [0.05, 0.1) is 31.6 Å². The van der Waals surface area contributed by atoms with Crippen LogP contribution < -0.4 is 65.5 Å². The Morgan fingerprint density at radius 3 is 1.86 bits per heavy atom. The number of carbonyl (C=O) groups is 12. The number of amides is 10. The molecule has 10 amide bonds. The van der Waals surface area contributed by atoms with Gasteiger partial charge in [-0.3, -0.25) is 57.7 Å². The number of aromatic nitrogens is 1. The van der Waals surface area contributed by atoms with Gasteiger partial charge in [-0.05, 0) is 70.4 Å². The maximum absolute atomic E-state index is 14.0. The highest BCUT2D eigenvalue weighted by Gasteiger charge is 2.41. The minimum absolute atomic E-state index is 0.0413. The number of carboxylic acid groups (broad SMARTS) is 2. The summed E-state index contributed by atoms with van der Waals surface area (Å²) in [6.45, 7) is 5.71. The average molecular weight is 1130 g/mol. The first-order valence-electron chi connectivity index (χ1n) is 25.7. The van der Waals surface area contributed by atoms with E-state index in [0.717, 1.165) is 35.2 Å². The van der Waals surface area contributed by atoms with Crippen LogP contribution >= 0.6 is 0 Å². The van der Waals surface area contributed by atoms with Gasteiger partial charge in [0.2, 0.25) is 59.1 Å². The van der Waals surface area contributed by atoms with E-state index in [4.69, 9.17) is 22.9 Å². The molecular formula is C49H75N15O16. The maximum Gasteiger partial charge on any atom is 0.326 e. The predicted octanol–water partition coefficient (Wildman–Crippen LogP) is -6.15. The maximum atomic E-state index is 14.0. The highest BCUT2D eigenvalue weighted by molar-refractivity contribution is 6.00. The Kier molecular flexibility index (Phi) is 25.7. The molecule has 3 rings (SSSR count). The monoisotopic (exact) mass is 1130 g/mol. The molecule has 1 aliphatic rings. The quantitative estimate of drug-likeness (QED) is 0.0184. The molecule has 442 valence electrons. The predicted molar refractivity (Wildman–Crippen MR) is 283 cm³/mol. The van der Waals surface area contributed by atoms with Gasteiger partial charge < -0.3 is 95.8 Å². The summed E-state index contributed by atoms with van der Waals surface area (Å²) >= 11 is 0. The zero-order valence-corrected chi connectivity index (χ0v) is 45.0. The molecule has 0 spiro atoms. The number of aliphatic imine (C=N–C) groups is 1. The molecule has 0 unspecified atom stereocenters. The Morgan fingerprint density at radius 2 is 1.29 bits per heavy atom. The molecule has 1 aromatic heterocycles. The lowest BCUT2D eigenvalue weighted by atomic mass is 9.96. The van der Waals surface area contributed by atoms with Gasteiger partial charge in [0.25, 0.3) is 0 Å². The van der Waals surface area contributed by atoms with E-state index in [1.807, 2.05) is 24.3 Å². The summed E-state index contributed by atoms with van der Waals surface area (Å²) in [6.07, 6.45) is -1.18. The second-order valence-electron chi connectivity index (χ2n) is 19.4. The van der Waals surface area contributed by atoms with Crippen molar-refractivity contribution >= 4 is 87.9 Å². The molecular weight excluding hydrogens is 1050 g/mol. The van der Waals surface area contributed by atoms with Crippen molar-refractivity contribution in [1.29, 1.82) is 0 Å². The summed E-state index contributed by atoms with van der Waals surface area (Å²) in [5, 5.41) is 59.3. The normalized spacial score (nSPS) is 17.1. The summed E-state index contributed by atoms with van der Waals surface area (Å²) < 4.78 is 0. The third-order valence-electron chi connectivity index (χ3n) is 13.1. The first-order chi connectivity index (χ1) is 37.6. The fraction of sp³-hybridized carbons (Fsp3) is 0.571. The fourth-order valence-corrected chi connectivity index (χ4v) is 8.37. The van der Waals surface area contributed by atoms with E-state index in [9.17, 15) is 78.0 Å². The van der Waals surface area contributed by atoms with E-state index in [0.29, 0.717) is 6.42 Å². The molecule has 1 fully saturated rings. The SMILES string of the molecule is CC[C@H](C)[C@H](NC(=O)[C@@H](N)Cc1c[nH]c2ccccc12)C(=O)N[C@@H](CC(N)=O)C(=O)N[C@@H](C)C(=O)N[C@H](C(=O)N[C@@H](CC(=O)O)C(=O)N1CCC[C@H]1C(=O)N[C@@H](CO)C(=O)N[C@@H](C)C(=O)N[C@@H](CCCN=C(N)N)C(=O)O)[C@@H](C)O. The van der Waals surface area contributed by atoms with Gasteiger partial charge in [-0.2, -0.15) is 0 Å². The zero-order valence-electron chi connectivity index (χ0n) is 45.0. The molecule has 1 aliphatic heterocycles. The second kappa shape index (κ2) is 31.2. The van der Waals surface area contributed by atoms with E-state index in [2.05, 4.69) is 52.5 Å². The number of hydrogen-bond acceptors (Lipinski definition) is 16. The van der Waals surface area contributed by atoms with Gasteiger partial charge in [-0.15, -0.1) is 0 Å². The second-order valence-corrected chi connectivity index (χ2v) is 19.4. The summed E-state index contributed by atoms with van der Waals surface area (Å²) in [4.78, 5) is 165. The standard InChI is InChI=1S/C49H75N15O16/c1-6-22(2)37(62-41(72)28(50)17-26-20-55-29-12-8-7-11-27(26)29)45(76)59-31(18-35(51)67)42(73)56-24(4)40(71)63-38(25(5)66)46(77)60-32(19-36(68)69)47(78)64-16-10-14-34(64)44(75)61-33(21-65)43(74)57-23(3)39(70)58-30(48(79)80)13-9-15-54-49(52)53/h7-8,11-12,20,22-25,28,30-34,37-38,55,65-66H,6,9-10,13-19,21,50H2,1-5H3,(H2,51,67)(H,56,73)(H,57,74)(H,58,70)(H,59,76)(H,60,77)(H,61,75)(H,62,72)(H,63,71)(H,68,69)(H,79,80)(H4,52,53,54)/t22-,23-,24-,25+,28-,30-,31-,32-,33-,34-,37-,38-/m0/s1. The number of likely N-dealkylation sites (tertiary alicyclic amines) is 1. The number of carboxylic acids is 2. The first-order valence-corrected chi connectivity index (χ1v) is 25.7. The number of nitrogens with two attached hydrogens (primary N) is 4. The van der Waals surface area contributed by atoms with Gasteiger partial charge in [0.1, 0.15) is 54.4 Å². The number of hydrogen-bond donors (Lipinski definition) is 17. The Balaban J connectivity index is 1.67. The van der Waals surface area contributed by atoms with Crippen molar-refractivity contribution in [3.63, 3.8) is 0 Å². The molecule has 2 aromatic rings. The van der Waals surface area contributed by atoms with E-state index >= 15 is 0 Å². The van der Waals surface area contributed by atoms with Crippen molar-refractivity contribution in [1.82, 2.24) is 52.4 Å². The number of nitrogens with zero attached hydrogens (tertiary/aromatic N) is 2. The highest BCUT2D eigenvalue weighted by Crippen LogP contribution is 2.21. The number of nitrogens with one attached hydrogen (secondary N) is 9. The molecule has 21 N–H and O–H groups in total. The number of primary amides is 1. The lowest BCUT2D eigenvalue weighted by Gasteiger charge is -2.30. The molecule has 80 heavy (non-hydrogen) atoms. The topological polar surface area (TPSA) is 517 Å². The van der Waals surface area contributed by atoms with Crippen molar-refractivity contribution in [3.8, 4) is 0 Å². The molecule has 1 aromatic carbocycles. The molecule has 1 saturated heterocycles. The van der Waals surface area contributed by atoms with Crippen LogP contribution in [0.3, 0.4) is 0 Å². The number of para-hydroxylation sites is 1. The lowest BCUT2D eigenvalue weighted by molar-refractivity contribution is -0.147. The van der Waals surface area contributed by atoms with Crippen molar-refractivity contribution in [3.05, 3.63) is 36.0 Å². The van der Waals surface area contributed by atoms with Crippen LogP contribution in [0.2, 0.25) is 0 Å². The minimum Gasteiger partial charge on any atom is -0.481 e. The largest absolute Gasteiger partial charge is 0.481 e. The minimum atomic E-state index is -1.93. The molecule has 12 atom stereocenters. The number of aliphatic hydroxyl groups excluding tert-OH is 2. The number of aromatic amines is 1. The van der Waals surface area contributed by atoms with Crippen molar-refractivity contribution < 1.29 is 78.0 Å². The Hall–Kier alpha value is -8.45. The lowest BCUT2D eigenvalue weighted by Crippen LogP contribution is -2.62. The van der Waals surface area contributed by atoms with Crippen molar-refractivity contribution in [2.24, 2.45) is 33.8 Å². The molecule has 31 heteroatoms. The Morgan fingerprint density at radius 1 is 0.713 bits per heavy atom. The Bertz CT molecular complexity index is 2610. The van der Waals surface area contributed by atoms with Crippen LogP contribution in [0.5, 0.6) is 0 Å². The zero-order chi connectivity index (χ0) is 60.1. The van der Waals surface area contributed by atoms with Crippen LogP contribution in [-0.2, 0) is 64.0 Å². The number of rotatable bonds is 32. The molecule has 0 radical (unpaired) electrons. The molecule has 0 saturated carbocycles. The van der Waals surface area contributed by atoms with Gasteiger partial charge in [-0.1, -0.05) is 38.5 Å². The van der Waals surface area contributed by atoms with Crippen LogP contribution in [-0.4, -0.2) is 193 Å². The summed E-state index contributed by atoms with van der Waals surface area (Å²) in [5.41, 5.74) is 23.8. The summed E-state index contributed by atoms with van der Waals surface area (Å²) in [7, 11) is 0. The smallest absolute Gasteiger partial charge is 0.326 e. The van der Waals surface area contributed by atoms with Crippen LogP contribution in [0.25, 0.3) is 10.9 Å². The number of carbonyl (C=O) groups excluding carboxylic acids is 10. The van der Waals surface area contributed by atoms with E-state index in [1.165, 1.54) is 6.92 Å². The highest BCUT2D eigenvalue weighted by atomic mass is 16.4. The van der Waals surface area contributed by atoms with Crippen LogP contribution in [0.15, 0.2) is 35.5 Å². The Labute approximate surface area is 459 Å². The number of aliphatic hydroxyl groups is 2. The molecule has 2 heterocycles. The third kappa shape index (κ3) is 19.8. The third-order valence-corrected chi connectivity index (χ3v) is 13.1. The van der Waals surface area contributed by atoms with Gasteiger partial charge >= 0.3 is 11.9 Å². The van der Waals surface area contributed by atoms with Crippen LogP contribution in [0.1, 0.15) is 85.1 Å². The van der Waals surface area contributed by atoms with Gasteiger partial charge in [0, 0.05) is 30.2 Å². The van der Waals surface area contributed by atoms with Crippen LogP contribution in [0.4, 0.5) is 0 Å². The van der Waals surface area contributed by atoms with Crippen molar-refractivity contribution in [2.45, 2.75) is 153 Å². The molecule has 0 bridgehead atoms. The van der Waals surface area contributed by atoms with E-state index in [1.54, 1.807) is 20.0 Å².